The molecule has 0 bridgehead atoms. The molecule has 0 saturated heterocycles. The topological polar surface area (TPSA) is 61.4 Å². The minimum atomic E-state index is -0.452. The zero-order valence-corrected chi connectivity index (χ0v) is 12.1. The van der Waals surface area contributed by atoms with Crippen LogP contribution in [-0.4, -0.2) is 29.9 Å². The van der Waals surface area contributed by atoms with Crippen LogP contribution in [0.15, 0.2) is 24.3 Å². The second kappa shape index (κ2) is 5.94. The number of nitrogens with one attached hydrogen (secondary N) is 2. The lowest BCUT2D eigenvalue weighted by Gasteiger charge is -2.31. The van der Waals surface area contributed by atoms with Crippen molar-refractivity contribution in [1.82, 2.24) is 10.2 Å². The van der Waals surface area contributed by atoms with Crippen LogP contribution in [-0.2, 0) is 11.3 Å². The molecule has 1 aromatic carbocycles. The molecule has 108 valence electrons. The Morgan fingerprint density at radius 1 is 1.50 bits per heavy atom. The van der Waals surface area contributed by atoms with Gasteiger partial charge in [-0.2, -0.15) is 0 Å². The fourth-order valence-electron chi connectivity index (χ4n) is 2.54. The molecule has 5 heteroatoms. The van der Waals surface area contributed by atoms with Crippen LogP contribution in [0.5, 0.6) is 0 Å². The third-order valence-electron chi connectivity index (χ3n) is 3.88. The molecule has 0 radical (unpaired) electrons. The van der Waals surface area contributed by atoms with Crippen LogP contribution in [0.25, 0.3) is 0 Å². The lowest BCUT2D eigenvalue weighted by Crippen LogP contribution is -2.51. The van der Waals surface area contributed by atoms with Crippen molar-refractivity contribution < 1.29 is 9.59 Å². The van der Waals surface area contributed by atoms with Crippen LogP contribution in [0.1, 0.15) is 25.8 Å². The fourth-order valence-corrected chi connectivity index (χ4v) is 2.54. The van der Waals surface area contributed by atoms with E-state index in [4.69, 9.17) is 0 Å². The molecule has 1 aliphatic rings. The maximum absolute atomic E-state index is 12.5. The average Bonchev–Trinajstić information content (AvgIpc) is 2.61. The van der Waals surface area contributed by atoms with Crippen LogP contribution < -0.4 is 10.6 Å². The van der Waals surface area contributed by atoms with E-state index in [9.17, 15) is 9.59 Å². The maximum atomic E-state index is 12.5. The Bertz CT molecular complexity index is 516. The summed E-state index contributed by atoms with van der Waals surface area (Å²) in [7, 11) is 1.59. The SMILES string of the molecule is CC[C@H](C)C1C(=O)Nc2ccccc2CN1C(=O)NC. The summed E-state index contributed by atoms with van der Waals surface area (Å²) in [5.41, 5.74) is 1.74. The predicted molar refractivity (Wildman–Crippen MR) is 78.3 cm³/mol. The van der Waals surface area contributed by atoms with Gasteiger partial charge in [-0.25, -0.2) is 4.79 Å². The Labute approximate surface area is 119 Å². The van der Waals surface area contributed by atoms with Gasteiger partial charge in [0.15, 0.2) is 0 Å². The van der Waals surface area contributed by atoms with Crippen molar-refractivity contribution >= 4 is 17.6 Å². The van der Waals surface area contributed by atoms with E-state index >= 15 is 0 Å². The second-order valence-electron chi connectivity index (χ2n) is 5.16. The second-order valence-corrected chi connectivity index (χ2v) is 5.16. The van der Waals surface area contributed by atoms with Crippen LogP contribution in [0, 0.1) is 5.92 Å². The third kappa shape index (κ3) is 2.61. The monoisotopic (exact) mass is 275 g/mol. The highest BCUT2D eigenvalue weighted by Gasteiger charge is 2.36. The van der Waals surface area contributed by atoms with Crippen molar-refractivity contribution in [3.8, 4) is 0 Å². The molecule has 0 spiro atoms. The molecular weight excluding hydrogens is 254 g/mol. The molecule has 0 saturated carbocycles. The van der Waals surface area contributed by atoms with E-state index in [1.54, 1.807) is 11.9 Å². The largest absolute Gasteiger partial charge is 0.341 e. The van der Waals surface area contributed by atoms with Gasteiger partial charge < -0.3 is 15.5 Å². The van der Waals surface area contributed by atoms with Gasteiger partial charge in [-0.15, -0.1) is 0 Å². The molecule has 0 fully saturated rings. The zero-order valence-electron chi connectivity index (χ0n) is 12.1. The van der Waals surface area contributed by atoms with E-state index in [0.29, 0.717) is 6.54 Å². The lowest BCUT2D eigenvalue weighted by molar-refractivity contribution is -0.121. The standard InChI is InChI=1S/C15H21N3O2/c1-4-10(2)13-14(19)17-12-8-6-5-7-11(12)9-18(13)15(20)16-3/h5-8,10,13H,4,9H2,1-3H3,(H,16,20)(H,17,19)/t10-,13?/m0/s1. The van der Waals surface area contributed by atoms with Gasteiger partial charge in [0.25, 0.3) is 0 Å². The van der Waals surface area contributed by atoms with Crippen molar-refractivity contribution in [1.29, 1.82) is 0 Å². The average molecular weight is 275 g/mol. The van der Waals surface area contributed by atoms with Gasteiger partial charge in [0.05, 0.1) is 6.54 Å². The highest BCUT2D eigenvalue weighted by Crippen LogP contribution is 2.26. The summed E-state index contributed by atoms with van der Waals surface area (Å²) in [5.74, 6) is -0.0190. The summed E-state index contributed by atoms with van der Waals surface area (Å²) in [4.78, 5) is 26.2. The van der Waals surface area contributed by atoms with E-state index in [1.807, 2.05) is 38.1 Å². The van der Waals surface area contributed by atoms with Crippen LogP contribution in [0.3, 0.4) is 0 Å². The smallest absolute Gasteiger partial charge is 0.318 e. The van der Waals surface area contributed by atoms with Crippen LogP contribution >= 0.6 is 0 Å². The maximum Gasteiger partial charge on any atom is 0.318 e. The minimum Gasteiger partial charge on any atom is -0.341 e. The number of hydrogen-bond donors (Lipinski definition) is 2. The summed E-state index contributed by atoms with van der Waals surface area (Å²) in [6, 6.07) is 6.93. The summed E-state index contributed by atoms with van der Waals surface area (Å²) in [6.45, 7) is 4.46. The van der Waals surface area contributed by atoms with Crippen LogP contribution in [0.4, 0.5) is 10.5 Å². The minimum absolute atomic E-state index is 0.0987. The van der Waals surface area contributed by atoms with Crippen molar-refractivity contribution in [2.24, 2.45) is 5.92 Å². The Morgan fingerprint density at radius 2 is 2.20 bits per heavy atom. The number of amides is 3. The van der Waals surface area contributed by atoms with Crippen LogP contribution in [0.2, 0.25) is 0 Å². The Hall–Kier alpha value is -2.04. The number of benzene rings is 1. The highest BCUT2D eigenvalue weighted by molar-refractivity contribution is 5.98. The Morgan fingerprint density at radius 3 is 2.85 bits per heavy atom. The van der Waals surface area contributed by atoms with Gasteiger partial charge in [0.1, 0.15) is 6.04 Å². The first-order valence-electron chi connectivity index (χ1n) is 6.95. The van der Waals surface area contributed by atoms with Crippen molar-refractivity contribution in [3.05, 3.63) is 29.8 Å². The lowest BCUT2D eigenvalue weighted by atomic mass is 9.97. The first-order chi connectivity index (χ1) is 9.58. The summed E-state index contributed by atoms with van der Waals surface area (Å²) in [5, 5.41) is 5.57. The van der Waals surface area contributed by atoms with Gasteiger partial charge in [-0.05, 0) is 17.5 Å². The number of nitrogens with zero attached hydrogens (tertiary/aromatic N) is 1. The molecule has 1 heterocycles. The first-order valence-corrected chi connectivity index (χ1v) is 6.95. The Balaban J connectivity index is 2.42. The van der Waals surface area contributed by atoms with Gasteiger partial charge in [-0.1, -0.05) is 38.5 Å². The molecule has 3 amide bonds. The first kappa shape index (κ1) is 14.4. The van der Waals surface area contributed by atoms with E-state index in [-0.39, 0.29) is 17.9 Å². The third-order valence-corrected chi connectivity index (χ3v) is 3.88. The van der Waals surface area contributed by atoms with E-state index in [1.165, 1.54) is 0 Å². The number of carbonyl (C=O) groups is 2. The zero-order chi connectivity index (χ0) is 14.7. The van der Waals surface area contributed by atoms with Crippen molar-refractivity contribution in [3.63, 3.8) is 0 Å². The quantitative estimate of drug-likeness (QED) is 0.869. The molecule has 0 aromatic heterocycles. The molecule has 2 atom stereocenters. The normalized spacial score (nSPS) is 19.6. The Kier molecular flexibility index (Phi) is 4.27. The molecule has 1 unspecified atom stereocenters. The van der Waals surface area contributed by atoms with Gasteiger partial charge in [0, 0.05) is 12.7 Å². The van der Waals surface area contributed by atoms with E-state index in [0.717, 1.165) is 17.7 Å². The molecule has 2 rings (SSSR count). The van der Waals surface area contributed by atoms with E-state index in [2.05, 4.69) is 10.6 Å². The number of rotatable bonds is 2. The fraction of sp³-hybridized carbons (Fsp3) is 0.467. The van der Waals surface area contributed by atoms with E-state index < -0.39 is 6.04 Å². The van der Waals surface area contributed by atoms with Crippen molar-refractivity contribution in [2.75, 3.05) is 12.4 Å². The number of anilines is 1. The number of fused-ring (bicyclic) bond motifs is 1. The molecule has 1 aromatic rings. The molecule has 5 nitrogen and oxygen atoms in total. The number of carbonyl (C=O) groups excluding carboxylic acids is 2. The molecule has 2 N–H and O–H groups in total. The molecule has 0 aliphatic carbocycles. The van der Waals surface area contributed by atoms with Gasteiger partial charge in [0.2, 0.25) is 5.91 Å². The molecule has 1 aliphatic heterocycles. The van der Waals surface area contributed by atoms with Gasteiger partial charge in [-0.3, -0.25) is 4.79 Å². The molecular formula is C15H21N3O2. The summed E-state index contributed by atoms with van der Waals surface area (Å²) < 4.78 is 0. The summed E-state index contributed by atoms with van der Waals surface area (Å²) in [6.07, 6.45) is 0.835. The predicted octanol–water partition coefficient (Wildman–Crippen LogP) is 2.19. The van der Waals surface area contributed by atoms with Gasteiger partial charge >= 0.3 is 6.03 Å². The summed E-state index contributed by atoms with van der Waals surface area (Å²) >= 11 is 0. The van der Waals surface area contributed by atoms with Crippen molar-refractivity contribution in [2.45, 2.75) is 32.9 Å². The number of para-hydroxylation sites is 1. The number of hydrogen-bond acceptors (Lipinski definition) is 2. The highest BCUT2D eigenvalue weighted by atomic mass is 16.2. The molecule has 20 heavy (non-hydrogen) atoms. The number of urea groups is 1.